The Labute approximate surface area is 257 Å². The summed E-state index contributed by atoms with van der Waals surface area (Å²) in [7, 11) is -4.66. The van der Waals surface area contributed by atoms with Gasteiger partial charge in [-0.1, -0.05) is 18.2 Å². The van der Waals surface area contributed by atoms with Crippen LogP contribution >= 0.6 is 0 Å². The predicted molar refractivity (Wildman–Crippen MR) is 167 cm³/mol. The van der Waals surface area contributed by atoms with Gasteiger partial charge in [0, 0.05) is 11.6 Å². The Balaban J connectivity index is 1.58. The number of nitrogens with zero attached hydrogens (tertiary/aromatic N) is 4. The van der Waals surface area contributed by atoms with Crippen LogP contribution in [-0.4, -0.2) is 34.9 Å². The third-order valence-electron chi connectivity index (χ3n) is 5.73. The molecule has 1 atom stereocenters. The third kappa shape index (κ3) is 9.37. The summed E-state index contributed by atoms with van der Waals surface area (Å²) in [6.07, 6.45) is 2.86. The second kappa shape index (κ2) is 15.1. The molecule has 0 aromatic heterocycles. The number of ether oxygens (including phenoxy) is 2. The van der Waals surface area contributed by atoms with Crippen LogP contribution in [0.25, 0.3) is 12.2 Å². The van der Waals surface area contributed by atoms with Crippen LogP contribution < -0.4 is 13.7 Å². The lowest BCUT2D eigenvalue weighted by Crippen LogP contribution is -2.01. The molecule has 12 nitrogen and oxygen atoms in total. The molecule has 2 N–H and O–H groups in total. The van der Waals surface area contributed by atoms with Gasteiger partial charge in [-0.3, -0.25) is 9.11 Å². The summed E-state index contributed by atoms with van der Waals surface area (Å²) in [5.74, 6) is 1.36. The highest BCUT2D eigenvalue weighted by molar-refractivity contribution is 7.86. The zero-order valence-corrected chi connectivity index (χ0v) is 25.2. The lowest BCUT2D eigenvalue weighted by atomic mass is 10.1. The van der Waals surface area contributed by atoms with Gasteiger partial charge in [-0.15, -0.1) is 0 Å². The fraction of sp³-hybridized carbons (Fsp3) is 0.133. The Morgan fingerprint density at radius 3 is 1.59 bits per heavy atom. The molecule has 0 aliphatic heterocycles. The van der Waals surface area contributed by atoms with E-state index in [9.17, 15) is 21.7 Å². The topological polar surface area (TPSA) is 169 Å². The molecule has 0 spiro atoms. The minimum atomic E-state index is -4.66. The molecule has 14 heteroatoms. The van der Waals surface area contributed by atoms with Crippen LogP contribution in [0.15, 0.2) is 110 Å². The fourth-order valence-electron chi connectivity index (χ4n) is 3.78. The number of rotatable bonds is 13. The Bertz CT molecular complexity index is 1810. The van der Waals surface area contributed by atoms with Gasteiger partial charge in [0.2, 0.25) is 0 Å². The van der Waals surface area contributed by atoms with Gasteiger partial charge in [0.05, 0.1) is 36.0 Å². The molecule has 0 saturated carbocycles. The maximum Gasteiger partial charge on any atom is 0.357 e. The highest BCUT2D eigenvalue weighted by atomic mass is 32.2. The van der Waals surface area contributed by atoms with Gasteiger partial charge in [-0.2, -0.15) is 33.1 Å². The van der Waals surface area contributed by atoms with Crippen molar-refractivity contribution in [3.8, 4) is 17.2 Å². The molecule has 0 heterocycles. The van der Waals surface area contributed by atoms with E-state index in [2.05, 4.69) is 20.5 Å². The Kier molecular flexibility index (Phi) is 11.0. The summed E-state index contributed by atoms with van der Waals surface area (Å²) < 4.78 is 70.9. The van der Waals surface area contributed by atoms with E-state index in [4.69, 9.17) is 13.7 Å². The number of hydrogen-bond donors (Lipinski definition) is 2. The summed E-state index contributed by atoms with van der Waals surface area (Å²) in [6, 6.07) is 22.5. The van der Waals surface area contributed by atoms with Crippen molar-refractivity contribution >= 4 is 56.4 Å². The third-order valence-corrected chi connectivity index (χ3v) is 6.96. The van der Waals surface area contributed by atoms with E-state index in [1.807, 2.05) is 13.8 Å². The van der Waals surface area contributed by atoms with Crippen molar-refractivity contribution < 1.29 is 35.4 Å². The van der Waals surface area contributed by atoms with Crippen LogP contribution in [0, 0.1) is 0 Å². The monoisotopic (exact) mass is 636 g/mol. The van der Waals surface area contributed by atoms with Gasteiger partial charge in [0.25, 0.3) is 10.1 Å². The van der Waals surface area contributed by atoms with Crippen LogP contribution in [0.4, 0.5) is 22.7 Å². The largest absolute Gasteiger partial charge is 0.494 e. The maximum atomic E-state index is 12.2. The van der Waals surface area contributed by atoms with Gasteiger partial charge in [-0.25, -0.2) is 0 Å². The zero-order valence-electron chi connectivity index (χ0n) is 23.6. The SMILES string of the molecule is CCOc1ccc(N=Nc2ccc(C=Cc3ccc(N=Nc4ccc(OCC)cc4)cc3S(=O)(=O)O)c(OS(=O)O)c2)cc1. The second-order valence-electron chi connectivity index (χ2n) is 8.81. The zero-order chi connectivity index (χ0) is 31.5. The standard InChI is InChI=1S/C30H28N4O8S2/c1-3-40-27-15-11-23(12-16-27)31-33-25-9-7-21(29(19-25)42-43(35)36)5-6-22-8-10-26(20-30(22)44(37,38)39)34-32-24-13-17-28(18-14-24)41-4-2/h5-20H,3-4H2,1-2H3,(H,35,36)(H,37,38,39). The summed E-state index contributed by atoms with van der Waals surface area (Å²) >= 11 is -2.66. The Hall–Kier alpha value is -4.76. The first-order valence-electron chi connectivity index (χ1n) is 13.2. The van der Waals surface area contributed by atoms with Crippen LogP contribution in [0.5, 0.6) is 17.2 Å². The average Bonchev–Trinajstić information content (AvgIpc) is 3.00. The summed E-state index contributed by atoms with van der Waals surface area (Å²) in [5.41, 5.74) is 2.05. The first-order valence-corrected chi connectivity index (χ1v) is 15.6. The minimum absolute atomic E-state index is 0.0144. The van der Waals surface area contributed by atoms with Gasteiger partial charge < -0.3 is 13.7 Å². The van der Waals surface area contributed by atoms with Crippen molar-refractivity contribution in [2.24, 2.45) is 20.5 Å². The maximum absolute atomic E-state index is 12.2. The molecule has 0 amide bonds. The normalized spacial score (nSPS) is 12.6. The van der Waals surface area contributed by atoms with E-state index in [0.717, 1.165) is 0 Å². The van der Waals surface area contributed by atoms with E-state index in [-0.39, 0.29) is 17.0 Å². The van der Waals surface area contributed by atoms with E-state index in [1.165, 1.54) is 36.4 Å². The molecule has 4 aromatic carbocycles. The van der Waals surface area contributed by atoms with Gasteiger partial charge in [-0.05, 0) is 92.2 Å². The van der Waals surface area contributed by atoms with Crippen LogP contribution in [0.2, 0.25) is 0 Å². The number of benzene rings is 4. The quantitative estimate of drug-likeness (QED) is 0.0639. The molecule has 4 rings (SSSR count). The van der Waals surface area contributed by atoms with Crippen molar-refractivity contribution in [2.75, 3.05) is 13.2 Å². The Morgan fingerprint density at radius 1 is 0.682 bits per heavy atom. The first-order chi connectivity index (χ1) is 21.1. The molecular formula is C30H28N4O8S2. The van der Waals surface area contributed by atoms with E-state index in [1.54, 1.807) is 60.7 Å². The molecule has 0 fully saturated rings. The van der Waals surface area contributed by atoms with Crippen LogP contribution in [-0.2, 0) is 21.5 Å². The average molecular weight is 637 g/mol. The van der Waals surface area contributed by atoms with Crippen molar-refractivity contribution in [3.05, 3.63) is 96.1 Å². The minimum Gasteiger partial charge on any atom is -0.494 e. The molecule has 228 valence electrons. The van der Waals surface area contributed by atoms with Crippen molar-refractivity contribution in [1.82, 2.24) is 0 Å². The van der Waals surface area contributed by atoms with Crippen LogP contribution in [0.3, 0.4) is 0 Å². The summed E-state index contributed by atoms with van der Waals surface area (Å²) in [4.78, 5) is -0.411. The van der Waals surface area contributed by atoms with Crippen molar-refractivity contribution in [2.45, 2.75) is 18.7 Å². The van der Waals surface area contributed by atoms with E-state index in [0.29, 0.717) is 47.3 Å². The van der Waals surface area contributed by atoms with E-state index < -0.39 is 26.4 Å². The van der Waals surface area contributed by atoms with Crippen LogP contribution in [0.1, 0.15) is 25.0 Å². The molecule has 4 aromatic rings. The van der Waals surface area contributed by atoms with E-state index >= 15 is 0 Å². The Morgan fingerprint density at radius 2 is 1.11 bits per heavy atom. The van der Waals surface area contributed by atoms with Gasteiger partial charge in [0.15, 0.2) is 5.75 Å². The highest BCUT2D eigenvalue weighted by Gasteiger charge is 2.16. The van der Waals surface area contributed by atoms with Gasteiger partial charge in [0.1, 0.15) is 16.4 Å². The molecule has 44 heavy (non-hydrogen) atoms. The van der Waals surface area contributed by atoms with Crippen molar-refractivity contribution in [3.63, 3.8) is 0 Å². The molecule has 1 unspecified atom stereocenters. The number of hydrogen-bond acceptors (Lipinski definition) is 10. The fourth-order valence-corrected chi connectivity index (χ4v) is 4.78. The lowest BCUT2D eigenvalue weighted by molar-refractivity contribution is 0.340. The molecule has 0 radical (unpaired) electrons. The molecule has 0 bridgehead atoms. The second-order valence-corrected chi connectivity index (χ2v) is 10.8. The lowest BCUT2D eigenvalue weighted by Gasteiger charge is -2.07. The molecule has 0 saturated heterocycles. The summed E-state index contributed by atoms with van der Waals surface area (Å²) in [5, 5.41) is 16.5. The molecular weight excluding hydrogens is 608 g/mol. The van der Waals surface area contributed by atoms with Gasteiger partial charge >= 0.3 is 11.4 Å². The first kappa shape index (κ1) is 32.2. The smallest absolute Gasteiger partial charge is 0.357 e. The number of azo groups is 2. The summed E-state index contributed by atoms with van der Waals surface area (Å²) in [6.45, 7) is 4.82. The van der Waals surface area contributed by atoms with Crippen molar-refractivity contribution in [1.29, 1.82) is 0 Å². The molecule has 0 aliphatic carbocycles. The highest BCUT2D eigenvalue weighted by Crippen LogP contribution is 2.31. The predicted octanol–water partition coefficient (Wildman–Crippen LogP) is 8.25. The molecule has 0 aliphatic rings.